The summed E-state index contributed by atoms with van der Waals surface area (Å²) in [6.45, 7) is 6.13. The van der Waals surface area contributed by atoms with Gasteiger partial charge in [0.05, 0.1) is 43.1 Å². The Labute approximate surface area is 196 Å². The van der Waals surface area contributed by atoms with Crippen molar-refractivity contribution in [2.75, 3.05) is 24.7 Å². The van der Waals surface area contributed by atoms with Crippen LogP contribution in [0.5, 0.6) is 11.5 Å². The van der Waals surface area contributed by atoms with E-state index in [1.165, 1.54) is 12.1 Å². The first-order valence-electron chi connectivity index (χ1n) is 11.1. The highest BCUT2D eigenvalue weighted by Gasteiger charge is 2.42. The van der Waals surface area contributed by atoms with Crippen LogP contribution in [-0.4, -0.2) is 37.6 Å². The van der Waals surface area contributed by atoms with Gasteiger partial charge in [-0.3, -0.25) is 14.4 Å². The van der Waals surface area contributed by atoms with E-state index in [0.717, 1.165) is 11.0 Å². The van der Waals surface area contributed by atoms with E-state index in [1.54, 1.807) is 32.0 Å². The molecule has 8 heteroatoms. The summed E-state index contributed by atoms with van der Waals surface area (Å²) >= 11 is 0. The van der Waals surface area contributed by atoms with Crippen molar-refractivity contribution < 1.29 is 33.0 Å². The maximum absolute atomic E-state index is 14.8. The fourth-order valence-corrected chi connectivity index (χ4v) is 4.11. The lowest BCUT2D eigenvalue weighted by Crippen LogP contribution is -2.29. The lowest BCUT2D eigenvalue weighted by molar-refractivity contribution is -0.142. The predicted molar refractivity (Wildman–Crippen MR) is 124 cm³/mol. The monoisotopic (exact) mass is 465 g/mol. The van der Waals surface area contributed by atoms with Crippen molar-refractivity contribution in [3.8, 4) is 11.5 Å². The summed E-state index contributed by atoms with van der Waals surface area (Å²) in [6.07, 6.45) is -0.251. The smallest absolute Gasteiger partial charge is 0.310 e. The molecule has 1 aliphatic rings. The second kappa shape index (κ2) is 9.51. The Bertz CT molecular complexity index is 1300. The van der Waals surface area contributed by atoms with E-state index in [9.17, 15) is 18.8 Å². The average Bonchev–Trinajstić information content (AvgIpc) is 3.06. The van der Waals surface area contributed by atoms with Crippen LogP contribution in [0.15, 0.2) is 42.5 Å². The molecule has 2 amide bonds. The molecule has 1 heterocycles. The fourth-order valence-electron chi connectivity index (χ4n) is 4.11. The van der Waals surface area contributed by atoms with Crippen molar-refractivity contribution in [1.29, 1.82) is 0 Å². The van der Waals surface area contributed by atoms with Gasteiger partial charge >= 0.3 is 5.97 Å². The number of nitrogens with zero attached hydrogens (tertiary/aromatic N) is 1. The van der Waals surface area contributed by atoms with Gasteiger partial charge in [0.1, 0.15) is 17.3 Å². The normalized spacial score (nSPS) is 12.8. The molecular weight excluding hydrogens is 441 g/mol. The molecule has 7 nitrogen and oxygen atoms in total. The molecular formula is C26H24FNO6. The number of carbonyl (C=O) groups is 3. The van der Waals surface area contributed by atoms with Gasteiger partial charge in [0.15, 0.2) is 0 Å². The molecule has 3 aromatic carbocycles. The topological polar surface area (TPSA) is 82.1 Å². The highest BCUT2D eigenvalue weighted by molar-refractivity contribution is 6.39. The molecule has 0 radical (unpaired) electrons. The molecule has 0 spiro atoms. The van der Waals surface area contributed by atoms with E-state index < -0.39 is 23.6 Å². The third kappa shape index (κ3) is 3.96. The van der Waals surface area contributed by atoms with Crippen LogP contribution in [0.2, 0.25) is 0 Å². The van der Waals surface area contributed by atoms with Crippen LogP contribution >= 0.6 is 0 Å². The minimum Gasteiger partial charge on any atom is -0.493 e. The highest BCUT2D eigenvalue weighted by Crippen LogP contribution is 2.42. The zero-order chi connectivity index (χ0) is 24.4. The summed E-state index contributed by atoms with van der Waals surface area (Å²) in [6, 6.07) is 10.9. The minimum atomic E-state index is -0.716. The second-order valence-corrected chi connectivity index (χ2v) is 7.55. The van der Waals surface area contributed by atoms with Gasteiger partial charge in [-0.05, 0) is 56.0 Å². The van der Waals surface area contributed by atoms with E-state index in [0.29, 0.717) is 29.7 Å². The van der Waals surface area contributed by atoms with Crippen LogP contribution in [0, 0.1) is 5.82 Å². The number of carbonyl (C=O) groups excluding carboxylic acids is 3. The Morgan fingerprint density at radius 1 is 0.882 bits per heavy atom. The number of halogens is 1. The van der Waals surface area contributed by atoms with E-state index >= 15 is 0 Å². The van der Waals surface area contributed by atoms with Crippen LogP contribution in [0.1, 0.15) is 47.1 Å². The van der Waals surface area contributed by atoms with Gasteiger partial charge < -0.3 is 14.2 Å². The Morgan fingerprint density at radius 3 is 2.26 bits per heavy atom. The zero-order valence-corrected chi connectivity index (χ0v) is 19.1. The molecule has 0 atom stereocenters. The van der Waals surface area contributed by atoms with Gasteiger partial charge in [-0.25, -0.2) is 9.29 Å². The molecule has 3 aromatic rings. The number of amides is 2. The van der Waals surface area contributed by atoms with E-state index in [1.807, 2.05) is 13.0 Å². The minimum absolute atomic E-state index is 0.0563. The number of fused-ring (bicyclic) bond motifs is 3. The molecule has 1 aliphatic heterocycles. The number of anilines is 1. The van der Waals surface area contributed by atoms with Crippen LogP contribution in [-0.2, 0) is 16.0 Å². The molecule has 0 N–H and O–H groups in total. The molecule has 0 fully saturated rings. The van der Waals surface area contributed by atoms with Crippen LogP contribution < -0.4 is 14.4 Å². The molecule has 176 valence electrons. The summed E-state index contributed by atoms with van der Waals surface area (Å²) < 4.78 is 31.1. The Morgan fingerprint density at radius 2 is 1.59 bits per heavy atom. The Kier molecular flexibility index (Phi) is 6.49. The molecule has 4 rings (SSSR count). The highest BCUT2D eigenvalue weighted by atomic mass is 19.1. The van der Waals surface area contributed by atoms with Gasteiger partial charge in [-0.15, -0.1) is 0 Å². The molecule has 0 saturated heterocycles. The Balaban J connectivity index is 1.83. The standard InChI is InChI=1S/C26H24FNO6/c1-4-32-19-9-7-8-16-12-20(33-5-2)23-24(22(16)19)26(31)28(25(23)30)17-11-10-15(18(27)14-17)13-21(29)34-6-3/h7-12,14H,4-6,13H2,1-3H3. The van der Waals surface area contributed by atoms with Gasteiger partial charge in [-0.2, -0.15) is 0 Å². The largest absolute Gasteiger partial charge is 0.493 e. The summed E-state index contributed by atoms with van der Waals surface area (Å²) in [4.78, 5) is 39.7. The lowest BCUT2D eigenvalue weighted by Gasteiger charge is -2.15. The molecule has 0 aromatic heterocycles. The first kappa shape index (κ1) is 23.2. The van der Waals surface area contributed by atoms with Gasteiger partial charge in [0.2, 0.25) is 0 Å². The van der Waals surface area contributed by atoms with Crippen LogP contribution in [0.3, 0.4) is 0 Å². The summed E-state index contributed by atoms with van der Waals surface area (Å²) in [5.41, 5.74) is 0.437. The van der Waals surface area contributed by atoms with E-state index in [2.05, 4.69) is 0 Å². The number of rotatable bonds is 8. The number of hydrogen-bond acceptors (Lipinski definition) is 6. The maximum Gasteiger partial charge on any atom is 0.310 e. The first-order chi connectivity index (χ1) is 16.4. The Hall–Kier alpha value is -3.94. The quantitative estimate of drug-likeness (QED) is 0.355. The van der Waals surface area contributed by atoms with Crippen molar-refractivity contribution in [1.82, 2.24) is 0 Å². The van der Waals surface area contributed by atoms with Crippen LogP contribution in [0.4, 0.5) is 10.1 Å². The molecule has 34 heavy (non-hydrogen) atoms. The van der Waals surface area contributed by atoms with Crippen molar-refractivity contribution in [3.05, 3.63) is 65.0 Å². The zero-order valence-electron chi connectivity index (χ0n) is 19.1. The number of esters is 1. The van der Waals surface area contributed by atoms with Gasteiger partial charge in [-0.1, -0.05) is 18.2 Å². The van der Waals surface area contributed by atoms with Crippen molar-refractivity contribution in [2.45, 2.75) is 27.2 Å². The SMILES string of the molecule is CCOC(=O)Cc1ccc(N2C(=O)c3c(OCC)cc4cccc(OCC)c4c3C2=O)cc1F. The van der Waals surface area contributed by atoms with Gasteiger partial charge in [0, 0.05) is 5.39 Å². The predicted octanol–water partition coefficient (Wildman–Crippen LogP) is 4.68. The van der Waals surface area contributed by atoms with E-state index in [4.69, 9.17) is 14.2 Å². The van der Waals surface area contributed by atoms with Crippen molar-refractivity contribution >= 4 is 34.2 Å². The van der Waals surface area contributed by atoms with Crippen molar-refractivity contribution in [2.24, 2.45) is 0 Å². The lowest BCUT2D eigenvalue weighted by atomic mass is 9.98. The van der Waals surface area contributed by atoms with Crippen molar-refractivity contribution in [3.63, 3.8) is 0 Å². The summed E-state index contributed by atoms with van der Waals surface area (Å²) in [5.74, 6) is -1.75. The number of benzene rings is 3. The maximum atomic E-state index is 14.8. The van der Waals surface area contributed by atoms with E-state index in [-0.39, 0.29) is 41.2 Å². The number of hydrogen-bond donors (Lipinski definition) is 0. The first-order valence-corrected chi connectivity index (χ1v) is 11.1. The average molecular weight is 465 g/mol. The summed E-state index contributed by atoms with van der Waals surface area (Å²) in [7, 11) is 0. The number of imide groups is 1. The number of ether oxygens (including phenoxy) is 3. The molecule has 0 saturated carbocycles. The molecule has 0 aliphatic carbocycles. The van der Waals surface area contributed by atoms with Gasteiger partial charge in [0.25, 0.3) is 11.8 Å². The third-order valence-corrected chi connectivity index (χ3v) is 5.46. The summed E-state index contributed by atoms with van der Waals surface area (Å²) in [5, 5.41) is 1.19. The molecule has 0 unspecified atom stereocenters. The second-order valence-electron chi connectivity index (χ2n) is 7.55. The third-order valence-electron chi connectivity index (χ3n) is 5.46. The van der Waals surface area contributed by atoms with Crippen LogP contribution in [0.25, 0.3) is 10.8 Å². The molecule has 0 bridgehead atoms. The fraction of sp³-hybridized carbons (Fsp3) is 0.269.